The maximum absolute atomic E-state index is 10.7. The number of nitrogens with one attached hydrogen (secondary N) is 2. The van der Waals surface area contributed by atoms with Crippen LogP contribution in [-0.4, -0.2) is 9.97 Å². The fraction of sp³-hybridized carbons (Fsp3) is 0.571. The number of hydrogen-bond acceptors (Lipinski definition) is 1. The van der Waals surface area contributed by atoms with Gasteiger partial charge in [-0.25, -0.2) is 4.79 Å². The first kappa shape index (κ1) is 7.12. The molecule has 2 N–H and O–H groups in total. The fourth-order valence-electron chi connectivity index (χ4n) is 1.06. The summed E-state index contributed by atoms with van der Waals surface area (Å²) in [5.74, 6) is 0. The predicted molar refractivity (Wildman–Crippen MR) is 40.2 cm³/mol. The molecule has 0 fully saturated rings. The Morgan fingerprint density at radius 2 is 1.50 bits per heavy atom. The lowest BCUT2D eigenvalue weighted by Crippen LogP contribution is -2.01. The number of imidazole rings is 1. The van der Waals surface area contributed by atoms with Crippen LogP contribution in [0, 0.1) is 0 Å². The van der Waals surface area contributed by atoms with Crippen LogP contribution < -0.4 is 5.69 Å². The van der Waals surface area contributed by atoms with E-state index in [1.165, 1.54) is 0 Å². The molecule has 0 aliphatic rings. The van der Waals surface area contributed by atoms with Crippen molar-refractivity contribution in [1.82, 2.24) is 9.97 Å². The Kier molecular flexibility index (Phi) is 1.94. The van der Waals surface area contributed by atoms with Crippen molar-refractivity contribution in [3.05, 3.63) is 21.9 Å². The van der Waals surface area contributed by atoms with E-state index in [-0.39, 0.29) is 5.69 Å². The van der Waals surface area contributed by atoms with Crippen molar-refractivity contribution < 1.29 is 0 Å². The number of aromatic nitrogens is 2. The van der Waals surface area contributed by atoms with Crippen LogP contribution in [0.4, 0.5) is 0 Å². The van der Waals surface area contributed by atoms with Gasteiger partial charge in [0.2, 0.25) is 0 Å². The lowest BCUT2D eigenvalue weighted by Gasteiger charge is -1.92. The Balaban J connectivity index is 3.08. The van der Waals surface area contributed by atoms with Crippen LogP contribution in [0.5, 0.6) is 0 Å². The Hall–Kier alpha value is -0.990. The fourth-order valence-corrected chi connectivity index (χ4v) is 1.06. The quantitative estimate of drug-likeness (QED) is 0.628. The van der Waals surface area contributed by atoms with Crippen molar-refractivity contribution in [1.29, 1.82) is 0 Å². The number of aromatic amines is 2. The van der Waals surface area contributed by atoms with E-state index in [2.05, 4.69) is 9.97 Å². The van der Waals surface area contributed by atoms with E-state index in [1.54, 1.807) is 0 Å². The first-order valence-electron chi connectivity index (χ1n) is 3.58. The average molecular weight is 140 g/mol. The minimum Gasteiger partial charge on any atom is -0.310 e. The van der Waals surface area contributed by atoms with Gasteiger partial charge in [0.15, 0.2) is 0 Å². The van der Waals surface area contributed by atoms with Crippen LogP contribution in [0.1, 0.15) is 25.2 Å². The third-order valence-corrected chi connectivity index (χ3v) is 1.60. The van der Waals surface area contributed by atoms with Crippen LogP contribution in [0.2, 0.25) is 0 Å². The molecule has 1 aromatic rings. The van der Waals surface area contributed by atoms with E-state index in [0.717, 1.165) is 24.2 Å². The molecule has 0 amide bonds. The Labute approximate surface area is 59.5 Å². The van der Waals surface area contributed by atoms with E-state index >= 15 is 0 Å². The van der Waals surface area contributed by atoms with Crippen LogP contribution in [-0.2, 0) is 12.8 Å². The zero-order chi connectivity index (χ0) is 7.56. The molecule has 0 atom stereocenters. The maximum Gasteiger partial charge on any atom is 0.323 e. The topological polar surface area (TPSA) is 48.6 Å². The van der Waals surface area contributed by atoms with Gasteiger partial charge < -0.3 is 9.97 Å². The van der Waals surface area contributed by atoms with Crippen molar-refractivity contribution in [2.45, 2.75) is 26.7 Å². The van der Waals surface area contributed by atoms with Gasteiger partial charge in [-0.1, -0.05) is 13.8 Å². The van der Waals surface area contributed by atoms with E-state index in [0.29, 0.717) is 0 Å². The molecular formula is C7H12N2O. The lowest BCUT2D eigenvalue weighted by molar-refractivity contribution is 0.979. The van der Waals surface area contributed by atoms with E-state index < -0.39 is 0 Å². The van der Waals surface area contributed by atoms with Crippen LogP contribution in [0.25, 0.3) is 0 Å². The highest BCUT2D eigenvalue weighted by atomic mass is 16.1. The van der Waals surface area contributed by atoms with Crippen molar-refractivity contribution in [3.8, 4) is 0 Å². The number of hydrogen-bond donors (Lipinski definition) is 2. The summed E-state index contributed by atoms with van der Waals surface area (Å²) in [6.45, 7) is 4.05. The molecule has 0 bridgehead atoms. The van der Waals surface area contributed by atoms with Crippen LogP contribution in [0.15, 0.2) is 4.79 Å². The van der Waals surface area contributed by atoms with Gasteiger partial charge in [0, 0.05) is 11.4 Å². The normalized spacial score (nSPS) is 10.2. The second-order valence-corrected chi connectivity index (χ2v) is 2.24. The largest absolute Gasteiger partial charge is 0.323 e. The summed E-state index contributed by atoms with van der Waals surface area (Å²) in [7, 11) is 0. The third kappa shape index (κ3) is 1.12. The number of rotatable bonds is 2. The average Bonchev–Trinajstić information content (AvgIpc) is 2.30. The van der Waals surface area contributed by atoms with Crippen molar-refractivity contribution in [3.63, 3.8) is 0 Å². The molecule has 0 saturated carbocycles. The van der Waals surface area contributed by atoms with Gasteiger partial charge in [0.25, 0.3) is 0 Å². The first-order valence-corrected chi connectivity index (χ1v) is 3.58. The van der Waals surface area contributed by atoms with Gasteiger partial charge in [-0.2, -0.15) is 0 Å². The standard InChI is InChI=1S/C7H12N2O/c1-3-5-6(4-2)9-7(10)8-5/h3-4H2,1-2H3,(H2,8,9,10). The molecule has 0 spiro atoms. The van der Waals surface area contributed by atoms with Gasteiger partial charge in [-0.3, -0.25) is 0 Å². The van der Waals surface area contributed by atoms with Gasteiger partial charge in [0.05, 0.1) is 0 Å². The molecule has 3 nitrogen and oxygen atoms in total. The van der Waals surface area contributed by atoms with E-state index in [1.807, 2.05) is 13.8 Å². The zero-order valence-corrected chi connectivity index (χ0v) is 6.32. The minimum atomic E-state index is -0.0892. The molecule has 0 aliphatic carbocycles. The summed E-state index contributed by atoms with van der Waals surface area (Å²) in [4.78, 5) is 16.2. The van der Waals surface area contributed by atoms with Gasteiger partial charge >= 0.3 is 5.69 Å². The molecule has 3 heteroatoms. The summed E-state index contributed by atoms with van der Waals surface area (Å²) >= 11 is 0. The highest BCUT2D eigenvalue weighted by Gasteiger charge is 2.00. The zero-order valence-electron chi connectivity index (χ0n) is 6.32. The number of aryl methyl sites for hydroxylation is 2. The molecule has 0 aromatic carbocycles. The summed E-state index contributed by atoms with van der Waals surface area (Å²) in [6, 6.07) is 0. The van der Waals surface area contributed by atoms with Crippen molar-refractivity contribution in [2.75, 3.05) is 0 Å². The van der Waals surface area contributed by atoms with E-state index in [4.69, 9.17) is 0 Å². The Bertz CT molecular complexity index is 234. The lowest BCUT2D eigenvalue weighted by atomic mass is 10.2. The highest BCUT2D eigenvalue weighted by Crippen LogP contribution is 2.00. The first-order chi connectivity index (χ1) is 4.77. The summed E-state index contributed by atoms with van der Waals surface area (Å²) < 4.78 is 0. The SMILES string of the molecule is CCc1[nH]c(=O)[nH]c1CC. The number of H-pyrrole nitrogens is 2. The summed E-state index contributed by atoms with van der Waals surface area (Å²) in [5.41, 5.74) is 1.98. The second kappa shape index (κ2) is 2.73. The molecule has 1 rings (SSSR count). The summed E-state index contributed by atoms with van der Waals surface area (Å²) in [5, 5.41) is 0. The molecule has 0 unspecified atom stereocenters. The predicted octanol–water partition coefficient (Wildman–Crippen LogP) is 0.828. The Morgan fingerprint density at radius 3 is 1.80 bits per heavy atom. The maximum atomic E-state index is 10.7. The van der Waals surface area contributed by atoms with Crippen LogP contribution >= 0.6 is 0 Å². The molecule has 10 heavy (non-hydrogen) atoms. The third-order valence-electron chi connectivity index (χ3n) is 1.60. The van der Waals surface area contributed by atoms with E-state index in [9.17, 15) is 4.79 Å². The Morgan fingerprint density at radius 1 is 1.10 bits per heavy atom. The molecule has 0 saturated heterocycles. The van der Waals surface area contributed by atoms with Crippen molar-refractivity contribution >= 4 is 0 Å². The van der Waals surface area contributed by atoms with Gasteiger partial charge in [0.1, 0.15) is 0 Å². The van der Waals surface area contributed by atoms with Gasteiger partial charge in [-0.15, -0.1) is 0 Å². The van der Waals surface area contributed by atoms with Crippen LogP contribution in [0.3, 0.4) is 0 Å². The molecule has 0 aliphatic heterocycles. The molecular weight excluding hydrogens is 128 g/mol. The molecule has 1 heterocycles. The minimum absolute atomic E-state index is 0.0892. The highest BCUT2D eigenvalue weighted by molar-refractivity contribution is 5.10. The summed E-state index contributed by atoms with van der Waals surface area (Å²) in [6.07, 6.45) is 1.78. The van der Waals surface area contributed by atoms with Crippen molar-refractivity contribution in [2.24, 2.45) is 0 Å². The molecule has 56 valence electrons. The molecule has 0 radical (unpaired) electrons. The smallest absolute Gasteiger partial charge is 0.310 e. The monoisotopic (exact) mass is 140 g/mol. The molecule has 1 aromatic heterocycles. The second-order valence-electron chi connectivity index (χ2n) is 2.24. The van der Waals surface area contributed by atoms with Gasteiger partial charge in [-0.05, 0) is 12.8 Å².